The van der Waals surface area contributed by atoms with E-state index in [2.05, 4.69) is 92.0 Å². The summed E-state index contributed by atoms with van der Waals surface area (Å²) < 4.78 is 32.3. The molecule has 71 heavy (non-hydrogen) atoms. The van der Waals surface area contributed by atoms with Gasteiger partial charge in [0.15, 0.2) is 23.0 Å². The van der Waals surface area contributed by atoms with Gasteiger partial charge in [-0.25, -0.2) is 20.0 Å². The summed E-state index contributed by atoms with van der Waals surface area (Å²) in [6.45, 7) is 0.909. The summed E-state index contributed by atoms with van der Waals surface area (Å²) in [6.07, 6.45) is 0.322. The van der Waals surface area contributed by atoms with E-state index in [1.165, 1.54) is 24.7 Å². The fraction of sp³-hybridized carbons (Fsp3) is 0.354. The number of methoxy groups -OCH3 is 2. The highest BCUT2D eigenvalue weighted by Gasteiger charge is 2.46. The molecule has 0 saturated heterocycles. The molecule has 2 aromatic heterocycles. The Balaban J connectivity index is 0.000000233. The summed E-state index contributed by atoms with van der Waals surface area (Å²) >= 11 is 4.24. The Hall–Kier alpha value is -4.83. The lowest BCUT2D eigenvalue weighted by Gasteiger charge is -2.43. The first-order valence-electron chi connectivity index (χ1n) is 22.0. The third-order valence-electron chi connectivity index (χ3n) is 12.6. The second-order valence-electron chi connectivity index (χ2n) is 16.2. The quantitative estimate of drug-likeness (QED) is 0.0494. The molecule has 6 heterocycles. The van der Waals surface area contributed by atoms with Crippen molar-refractivity contribution in [1.82, 2.24) is 51.5 Å². The number of benzene rings is 4. The van der Waals surface area contributed by atoms with E-state index >= 15 is 0 Å². The van der Waals surface area contributed by atoms with E-state index in [4.69, 9.17) is 28.4 Å². The van der Waals surface area contributed by atoms with Crippen molar-refractivity contribution in [2.45, 2.75) is 37.0 Å². The van der Waals surface area contributed by atoms with Crippen LogP contribution in [0.5, 0.6) is 23.0 Å². The first kappa shape index (κ1) is 57.1. The van der Waals surface area contributed by atoms with E-state index in [9.17, 15) is 14.4 Å². The fourth-order valence-electron chi connectivity index (χ4n) is 9.20. The number of nitrogens with one attached hydrogen (secondary N) is 6. The van der Waals surface area contributed by atoms with Crippen molar-refractivity contribution in [3.8, 4) is 23.0 Å². The standard InChI is InChI=1S/C24H30N6O3.C22H20N2O6.C2H8N2.2ClH.I2/c1-25-28(3)13-30-19(24(31)29(4)26-2)12-17-16-7-5-6-8-18(16)27-22(17)23(30)15-9-10-20-21(11-15)33-14-32-20;1-27-21(25)16-10-14-13-5-3-4-6-15(13)23-19(14)20(24(16)22(26)28-2)12-7-8-17-18(9-12)30-11-29-17;1-3-4-2;;;1-2/h5-11,19,23,25-27H,12-14H2,1-4H3;3-9,16,20,23H,10-11H2,1-2H3;3-4H,1-2H3;2*1H;/t19-,23-;16-,20-;;;;/m11..../s1. The minimum atomic E-state index is -0.829. The van der Waals surface area contributed by atoms with Gasteiger partial charge in [0, 0.05) is 98.0 Å². The minimum absolute atomic E-state index is 0. The van der Waals surface area contributed by atoms with Gasteiger partial charge in [0.05, 0.1) is 33.0 Å². The average molecular weight is 1250 g/mol. The van der Waals surface area contributed by atoms with E-state index in [-0.39, 0.29) is 56.4 Å². The van der Waals surface area contributed by atoms with Crippen LogP contribution in [0.2, 0.25) is 0 Å². The molecular formula is C48H60Cl2I2N10O9. The minimum Gasteiger partial charge on any atom is -0.467 e. The predicted octanol–water partition coefficient (Wildman–Crippen LogP) is 6.94. The first-order chi connectivity index (χ1) is 33.5. The molecule has 0 unspecified atom stereocenters. The van der Waals surface area contributed by atoms with Crippen LogP contribution in [0.1, 0.15) is 45.7 Å². The molecule has 0 fully saturated rings. The third kappa shape index (κ3) is 11.8. The van der Waals surface area contributed by atoms with Crippen LogP contribution in [0.15, 0.2) is 84.9 Å². The largest absolute Gasteiger partial charge is 0.467 e. The number of amides is 2. The Bertz CT molecular complexity index is 2770. The molecule has 6 aromatic rings. The van der Waals surface area contributed by atoms with Crippen molar-refractivity contribution in [2.24, 2.45) is 0 Å². The van der Waals surface area contributed by atoms with Crippen molar-refractivity contribution in [2.75, 3.05) is 76.8 Å². The molecule has 23 heteroatoms. The maximum atomic E-state index is 13.6. The van der Waals surface area contributed by atoms with Crippen LogP contribution in [0.4, 0.5) is 4.79 Å². The molecule has 0 radical (unpaired) electrons. The fourth-order valence-corrected chi connectivity index (χ4v) is 9.20. The van der Waals surface area contributed by atoms with E-state index in [0.717, 1.165) is 61.4 Å². The molecule has 0 saturated carbocycles. The van der Waals surface area contributed by atoms with Gasteiger partial charge in [-0.2, -0.15) is 0 Å². The van der Waals surface area contributed by atoms with Crippen LogP contribution < -0.4 is 40.7 Å². The monoisotopic (exact) mass is 1240 g/mol. The van der Waals surface area contributed by atoms with Crippen LogP contribution in [-0.2, 0) is 31.9 Å². The van der Waals surface area contributed by atoms with Gasteiger partial charge in [-0.1, -0.05) is 48.5 Å². The molecule has 19 nitrogen and oxygen atoms in total. The van der Waals surface area contributed by atoms with Gasteiger partial charge >= 0.3 is 12.1 Å². The van der Waals surface area contributed by atoms with Gasteiger partial charge in [-0.05, 0) is 86.2 Å². The van der Waals surface area contributed by atoms with Crippen molar-refractivity contribution >= 4 is 102 Å². The van der Waals surface area contributed by atoms with Crippen molar-refractivity contribution in [3.63, 3.8) is 0 Å². The highest BCUT2D eigenvalue weighted by Crippen LogP contribution is 2.46. The summed E-state index contributed by atoms with van der Waals surface area (Å²) in [5, 5.41) is 5.71. The predicted molar refractivity (Wildman–Crippen MR) is 293 cm³/mol. The highest BCUT2D eigenvalue weighted by atomic mass is 128. The number of fused-ring (bicyclic) bond motifs is 8. The highest BCUT2D eigenvalue weighted by molar-refractivity contribution is 15.0. The number of carbonyl (C=O) groups is 3. The molecule has 0 aliphatic carbocycles. The Kier molecular flexibility index (Phi) is 21.1. The molecule has 4 aliphatic rings. The van der Waals surface area contributed by atoms with Crippen LogP contribution in [0.3, 0.4) is 0 Å². The normalized spacial score (nSPS) is 17.9. The maximum absolute atomic E-state index is 13.6. The van der Waals surface area contributed by atoms with E-state index in [1.807, 2.05) is 93.9 Å². The Morgan fingerprint density at radius 2 is 1.14 bits per heavy atom. The topological polar surface area (TPSA) is 199 Å². The average Bonchev–Trinajstić information content (AvgIpc) is 4.22. The number of hydrogen-bond donors (Lipinski definition) is 6. The van der Waals surface area contributed by atoms with Crippen molar-refractivity contribution < 1.29 is 42.8 Å². The maximum Gasteiger partial charge on any atom is 0.411 e. The molecule has 0 bridgehead atoms. The molecule has 10 rings (SSSR count). The van der Waals surface area contributed by atoms with E-state index in [1.54, 1.807) is 25.2 Å². The molecule has 384 valence electrons. The van der Waals surface area contributed by atoms with Gasteiger partial charge in [0.1, 0.15) is 12.1 Å². The van der Waals surface area contributed by atoms with Gasteiger partial charge in [-0.3, -0.25) is 35.9 Å². The second kappa shape index (κ2) is 26.2. The molecule has 2 amide bonds. The SMILES string of the molecule is CNN(C)CN1[C@H](c2ccc3c(c2)OCO3)c2[nH]c3ccccc3c2C[C@@H]1C(=O)N(C)NC.CNNC.COC(=O)[C@H]1Cc2c([nH]c3ccccc23)[C@@H](c2ccc3c(c2)OCO3)N1C(=O)OC.Cl.Cl.II. The number of rotatable bonds is 9. The second-order valence-corrected chi connectivity index (χ2v) is 16.2. The summed E-state index contributed by atoms with van der Waals surface area (Å²) in [6, 6.07) is 25.7. The zero-order valence-corrected chi connectivity index (χ0v) is 46.4. The molecule has 4 aromatic carbocycles. The van der Waals surface area contributed by atoms with Crippen LogP contribution in [-0.4, -0.2) is 137 Å². The number of ether oxygens (including phenoxy) is 6. The Morgan fingerprint density at radius 1 is 0.662 bits per heavy atom. The number of aromatic amines is 2. The third-order valence-corrected chi connectivity index (χ3v) is 12.6. The number of hydrogen-bond acceptors (Lipinski definition) is 15. The Labute approximate surface area is 448 Å². The summed E-state index contributed by atoms with van der Waals surface area (Å²) in [7, 11) is 13.6. The molecule has 6 N–H and O–H groups in total. The van der Waals surface area contributed by atoms with Crippen molar-refractivity contribution in [3.05, 3.63) is 119 Å². The number of likely N-dealkylation sites (N-methyl/N-ethyl adjacent to an activating group) is 1. The van der Waals surface area contributed by atoms with Gasteiger partial charge in [-0.15, -0.1) is 24.8 Å². The van der Waals surface area contributed by atoms with Gasteiger partial charge < -0.3 is 38.4 Å². The van der Waals surface area contributed by atoms with Crippen molar-refractivity contribution in [1.29, 1.82) is 0 Å². The number of esters is 1. The number of carbonyl (C=O) groups excluding carboxylic acids is 3. The number of para-hydroxylation sites is 2. The smallest absolute Gasteiger partial charge is 0.411 e. The number of hydrazine groups is 3. The number of nitrogens with zero attached hydrogens (tertiary/aromatic N) is 4. The van der Waals surface area contributed by atoms with Crippen LogP contribution in [0.25, 0.3) is 21.8 Å². The Morgan fingerprint density at radius 3 is 1.62 bits per heavy atom. The first-order valence-corrected chi connectivity index (χ1v) is 28.3. The van der Waals surface area contributed by atoms with Gasteiger partial charge in [0.25, 0.3) is 5.91 Å². The lowest BCUT2D eigenvalue weighted by molar-refractivity contribution is -0.147. The number of halogens is 4. The lowest BCUT2D eigenvalue weighted by atomic mass is 9.87. The molecular weight excluding hydrogens is 1190 g/mol. The zero-order valence-electron chi connectivity index (χ0n) is 40.5. The lowest BCUT2D eigenvalue weighted by Crippen LogP contribution is -2.58. The summed E-state index contributed by atoms with van der Waals surface area (Å²) in [5.74, 6) is 2.22. The molecule has 0 spiro atoms. The van der Waals surface area contributed by atoms with Crippen LogP contribution in [0, 0.1) is 0 Å². The van der Waals surface area contributed by atoms with E-state index in [0.29, 0.717) is 31.0 Å². The van der Waals surface area contributed by atoms with Crippen LogP contribution >= 0.6 is 62.0 Å². The molecule has 4 aliphatic heterocycles. The number of H-pyrrole nitrogens is 2. The molecule has 4 atom stereocenters. The number of aromatic nitrogens is 2. The van der Waals surface area contributed by atoms with E-state index < -0.39 is 24.1 Å². The summed E-state index contributed by atoms with van der Waals surface area (Å²) in [4.78, 5) is 49.9. The summed E-state index contributed by atoms with van der Waals surface area (Å²) in [5.41, 5.74) is 19.4. The van der Waals surface area contributed by atoms with Gasteiger partial charge in [0.2, 0.25) is 13.6 Å². The zero-order chi connectivity index (χ0) is 49.4.